The van der Waals surface area contributed by atoms with E-state index in [4.69, 9.17) is 32.7 Å². The first kappa shape index (κ1) is 28.7. The van der Waals surface area contributed by atoms with Crippen molar-refractivity contribution in [3.63, 3.8) is 0 Å². The summed E-state index contributed by atoms with van der Waals surface area (Å²) in [5, 5.41) is 3.21. The number of anilines is 1. The average molecular weight is 622 g/mol. The molecule has 0 bridgehead atoms. The number of rotatable bonds is 3. The van der Waals surface area contributed by atoms with Crippen molar-refractivity contribution in [2.75, 3.05) is 4.90 Å². The van der Waals surface area contributed by atoms with Crippen LogP contribution in [0.15, 0.2) is 66.7 Å². The van der Waals surface area contributed by atoms with Crippen LogP contribution >= 0.6 is 23.2 Å². The second-order valence-corrected chi connectivity index (χ2v) is 12.3. The van der Waals surface area contributed by atoms with Gasteiger partial charge in [0.25, 0.3) is 11.8 Å². The minimum atomic E-state index is -1.56. The molecule has 3 aromatic rings. The van der Waals surface area contributed by atoms with Gasteiger partial charge in [-0.2, -0.15) is 0 Å². The highest BCUT2D eigenvalue weighted by molar-refractivity contribution is 6.36. The van der Waals surface area contributed by atoms with E-state index in [9.17, 15) is 24.0 Å². The number of benzene rings is 3. The number of imide groups is 1. The molecule has 3 aliphatic rings. The van der Waals surface area contributed by atoms with Crippen molar-refractivity contribution in [2.45, 2.75) is 50.6 Å². The molecule has 43 heavy (non-hydrogen) atoms. The van der Waals surface area contributed by atoms with Crippen LogP contribution in [0, 0.1) is 0 Å². The molecule has 3 atom stereocenters. The summed E-state index contributed by atoms with van der Waals surface area (Å²) in [7, 11) is 0. The number of carbonyl (C=O) groups is 5. The molecule has 3 aliphatic heterocycles. The standard InChI is InChI=1S/C31H25Cl2N3O7/c1-30(2,3)43-29(41)36-22-11-7-6-10-20(22)31(28(36)42-27(40)19-13-12-16(32)14-21(19)33)15-23(24(37)34-31)35-25(38)17-8-4-5-9-18(17)26(35)39/h4-14,23,28H,15H2,1-3H3,(H,34,37)/t23-,28-,31-/m0/s1. The summed E-state index contributed by atoms with van der Waals surface area (Å²) in [6.07, 6.45) is -2.52. The number of carbonyl (C=O) groups excluding carboxylic acids is 5. The van der Waals surface area contributed by atoms with E-state index in [1.807, 2.05) is 0 Å². The first-order valence-corrected chi connectivity index (χ1v) is 14.1. The van der Waals surface area contributed by atoms with Gasteiger partial charge in [-0.05, 0) is 57.2 Å². The van der Waals surface area contributed by atoms with E-state index in [0.29, 0.717) is 16.3 Å². The number of hydrogen-bond donors (Lipinski definition) is 1. The third-order valence-corrected chi connectivity index (χ3v) is 8.11. The van der Waals surface area contributed by atoms with Gasteiger partial charge in [-0.25, -0.2) is 14.5 Å². The Bertz CT molecular complexity index is 1700. The van der Waals surface area contributed by atoms with E-state index in [0.717, 1.165) is 9.80 Å². The molecule has 6 rings (SSSR count). The van der Waals surface area contributed by atoms with Crippen LogP contribution < -0.4 is 10.2 Å². The molecule has 3 heterocycles. The van der Waals surface area contributed by atoms with Gasteiger partial charge < -0.3 is 14.8 Å². The van der Waals surface area contributed by atoms with Gasteiger partial charge in [0, 0.05) is 17.0 Å². The van der Waals surface area contributed by atoms with Crippen molar-refractivity contribution in [1.82, 2.24) is 10.2 Å². The zero-order valence-electron chi connectivity index (χ0n) is 23.2. The number of nitrogens with zero attached hydrogens (tertiary/aromatic N) is 2. The molecule has 10 nitrogen and oxygen atoms in total. The zero-order valence-corrected chi connectivity index (χ0v) is 24.7. The monoisotopic (exact) mass is 621 g/mol. The van der Waals surface area contributed by atoms with Crippen LogP contribution in [0.3, 0.4) is 0 Å². The zero-order chi connectivity index (χ0) is 30.8. The number of ether oxygens (including phenoxy) is 2. The van der Waals surface area contributed by atoms with E-state index in [2.05, 4.69) is 5.32 Å². The number of nitrogens with one attached hydrogen (secondary N) is 1. The fourth-order valence-corrected chi connectivity index (χ4v) is 6.30. The van der Waals surface area contributed by atoms with Gasteiger partial charge in [0.05, 0.1) is 27.4 Å². The Morgan fingerprint density at radius 1 is 0.930 bits per heavy atom. The smallest absolute Gasteiger partial charge is 0.417 e. The van der Waals surface area contributed by atoms with Gasteiger partial charge >= 0.3 is 12.1 Å². The molecule has 1 N–H and O–H groups in total. The summed E-state index contributed by atoms with van der Waals surface area (Å²) < 4.78 is 11.7. The normalized spacial score (nSPS) is 22.5. The molecule has 1 fully saturated rings. The number of halogens is 2. The molecule has 0 saturated carbocycles. The van der Waals surface area contributed by atoms with E-state index >= 15 is 0 Å². The molecule has 0 aliphatic carbocycles. The Kier molecular flexibility index (Phi) is 6.74. The number of esters is 1. The van der Waals surface area contributed by atoms with Crippen LogP contribution in [0.25, 0.3) is 0 Å². The van der Waals surface area contributed by atoms with Gasteiger partial charge in [0.15, 0.2) is 0 Å². The highest BCUT2D eigenvalue weighted by Crippen LogP contribution is 2.51. The highest BCUT2D eigenvalue weighted by atomic mass is 35.5. The van der Waals surface area contributed by atoms with Crippen molar-refractivity contribution in [3.8, 4) is 0 Å². The van der Waals surface area contributed by atoms with Crippen LogP contribution in [0.1, 0.15) is 63.8 Å². The lowest BCUT2D eigenvalue weighted by Gasteiger charge is -2.35. The van der Waals surface area contributed by atoms with Crippen molar-refractivity contribution in [1.29, 1.82) is 0 Å². The molecule has 4 amide bonds. The Morgan fingerprint density at radius 2 is 1.56 bits per heavy atom. The summed E-state index contributed by atoms with van der Waals surface area (Å²) in [4.78, 5) is 69.8. The first-order valence-electron chi connectivity index (χ1n) is 13.4. The van der Waals surface area contributed by atoms with Crippen molar-refractivity contribution in [2.24, 2.45) is 0 Å². The third kappa shape index (κ3) is 4.61. The molecule has 0 unspecified atom stereocenters. The summed E-state index contributed by atoms with van der Waals surface area (Å²) in [6.45, 7) is 5.06. The van der Waals surface area contributed by atoms with Gasteiger partial charge in [0.1, 0.15) is 17.2 Å². The summed E-state index contributed by atoms with van der Waals surface area (Å²) in [5.41, 5.74) is -1.38. The first-order chi connectivity index (χ1) is 20.3. The van der Waals surface area contributed by atoms with Crippen LogP contribution in [0.2, 0.25) is 10.0 Å². The average Bonchev–Trinajstić information content (AvgIpc) is 3.50. The van der Waals surface area contributed by atoms with Crippen LogP contribution in [-0.2, 0) is 19.8 Å². The fourth-order valence-electron chi connectivity index (χ4n) is 5.81. The Balaban J connectivity index is 1.45. The maximum Gasteiger partial charge on any atom is 0.417 e. The molecule has 220 valence electrons. The van der Waals surface area contributed by atoms with Gasteiger partial charge in [-0.15, -0.1) is 0 Å². The van der Waals surface area contributed by atoms with E-state index in [1.54, 1.807) is 57.2 Å². The SMILES string of the molecule is CC(C)(C)OC(=O)N1c2ccccc2[C@@]2(C[C@H](N3C(=O)c4ccccc4C3=O)C(=O)N2)[C@@H]1OC(=O)c1ccc(Cl)cc1Cl. The maximum absolute atomic E-state index is 13.7. The number of hydrogen-bond acceptors (Lipinski definition) is 7. The lowest BCUT2D eigenvalue weighted by Crippen LogP contribution is -2.55. The lowest BCUT2D eigenvalue weighted by atomic mass is 9.87. The lowest BCUT2D eigenvalue weighted by molar-refractivity contribution is -0.123. The molecule has 1 spiro atoms. The fraction of sp³-hybridized carbons (Fsp3) is 0.258. The minimum absolute atomic E-state index is 0.0187. The van der Waals surface area contributed by atoms with Gasteiger partial charge in [0.2, 0.25) is 12.1 Å². The van der Waals surface area contributed by atoms with E-state index < -0.39 is 53.2 Å². The molecule has 0 aromatic heterocycles. The third-order valence-electron chi connectivity index (χ3n) is 7.56. The second kappa shape index (κ2) is 10.1. The molecular formula is C31H25Cl2N3O7. The van der Waals surface area contributed by atoms with Crippen LogP contribution in [0.4, 0.5) is 10.5 Å². The van der Waals surface area contributed by atoms with Gasteiger partial charge in [-0.3, -0.25) is 19.3 Å². The van der Waals surface area contributed by atoms with Crippen molar-refractivity contribution in [3.05, 3.63) is 99.0 Å². The topological polar surface area (TPSA) is 122 Å². The molecular weight excluding hydrogens is 597 g/mol. The molecule has 1 saturated heterocycles. The second-order valence-electron chi connectivity index (χ2n) is 11.5. The van der Waals surface area contributed by atoms with E-state index in [1.165, 1.54) is 30.3 Å². The maximum atomic E-state index is 13.7. The Hall–Kier alpha value is -4.41. The minimum Gasteiger partial charge on any atom is -0.443 e. The van der Waals surface area contributed by atoms with Crippen molar-refractivity contribution < 1.29 is 33.4 Å². The van der Waals surface area contributed by atoms with Crippen LogP contribution in [0.5, 0.6) is 0 Å². The summed E-state index contributed by atoms with van der Waals surface area (Å²) >= 11 is 12.3. The number of amides is 4. The molecule has 3 aromatic carbocycles. The summed E-state index contributed by atoms with van der Waals surface area (Å²) in [5.74, 6) is -2.78. The molecule has 12 heteroatoms. The number of para-hydroxylation sites is 1. The van der Waals surface area contributed by atoms with E-state index in [-0.39, 0.29) is 28.1 Å². The Morgan fingerprint density at radius 3 is 2.19 bits per heavy atom. The number of fused-ring (bicyclic) bond motifs is 3. The Labute approximate surface area is 256 Å². The highest BCUT2D eigenvalue weighted by Gasteiger charge is 2.64. The predicted octanol–water partition coefficient (Wildman–Crippen LogP) is 5.31. The van der Waals surface area contributed by atoms with Gasteiger partial charge in [-0.1, -0.05) is 53.5 Å². The largest absolute Gasteiger partial charge is 0.443 e. The predicted molar refractivity (Wildman–Crippen MR) is 156 cm³/mol. The summed E-state index contributed by atoms with van der Waals surface area (Å²) in [6, 6.07) is 16.0. The van der Waals surface area contributed by atoms with Crippen LogP contribution in [-0.4, -0.2) is 52.6 Å². The molecule has 0 radical (unpaired) electrons. The van der Waals surface area contributed by atoms with Crippen molar-refractivity contribution >= 4 is 58.7 Å². The quantitative estimate of drug-likeness (QED) is 0.310.